The molecule has 3 heterocycles. The fourth-order valence-electron chi connectivity index (χ4n) is 3.61. The summed E-state index contributed by atoms with van der Waals surface area (Å²) in [5, 5.41) is 4.68. The van der Waals surface area contributed by atoms with Gasteiger partial charge in [0.2, 0.25) is 5.88 Å². The van der Waals surface area contributed by atoms with Gasteiger partial charge in [0.15, 0.2) is 11.6 Å². The highest BCUT2D eigenvalue weighted by molar-refractivity contribution is 5.94. The van der Waals surface area contributed by atoms with E-state index in [1.54, 1.807) is 25.4 Å². The highest BCUT2D eigenvalue weighted by atomic mass is 16.5. The Morgan fingerprint density at radius 1 is 1.14 bits per heavy atom. The number of methoxy groups -OCH3 is 1. The molecule has 0 bridgehead atoms. The lowest BCUT2D eigenvalue weighted by Gasteiger charge is -2.37. The molecule has 0 unspecified atom stereocenters. The maximum Gasteiger partial charge on any atom is 0.256 e. The third kappa shape index (κ3) is 3.24. The van der Waals surface area contributed by atoms with Crippen molar-refractivity contribution >= 4 is 5.91 Å². The van der Waals surface area contributed by atoms with Crippen LogP contribution in [0.2, 0.25) is 0 Å². The number of pyridine rings is 1. The minimum absolute atomic E-state index is 0.0515. The standard InChI is InChI=1S/C21H23N5O2/c1-14(2)18-20-23-19(15-7-5-4-6-8-15)24-26(20)12-11-25(18)21(27)16-9-10-17(28-3)22-13-16/h4-10,13-14,18H,11-12H2,1-3H3/t18-/m0/s1. The number of nitrogens with zero attached hydrogens (tertiary/aromatic N) is 5. The second kappa shape index (κ2) is 7.42. The summed E-state index contributed by atoms with van der Waals surface area (Å²) in [5.74, 6) is 2.16. The summed E-state index contributed by atoms with van der Waals surface area (Å²) < 4.78 is 7.02. The zero-order chi connectivity index (χ0) is 19.7. The van der Waals surface area contributed by atoms with Crippen molar-refractivity contribution in [1.82, 2.24) is 24.6 Å². The molecule has 28 heavy (non-hydrogen) atoms. The van der Waals surface area contributed by atoms with Gasteiger partial charge in [0.05, 0.1) is 25.3 Å². The molecule has 3 aromatic rings. The Balaban J connectivity index is 1.67. The Morgan fingerprint density at radius 2 is 1.93 bits per heavy atom. The number of hydrogen-bond donors (Lipinski definition) is 0. The van der Waals surface area contributed by atoms with E-state index in [9.17, 15) is 4.79 Å². The van der Waals surface area contributed by atoms with Gasteiger partial charge in [-0.25, -0.2) is 14.6 Å². The molecule has 0 saturated heterocycles. The van der Waals surface area contributed by atoms with Gasteiger partial charge >= 0.3 is 0 Å². The van der Waals surface area contributed by atoms with Crippen LogP contribution in [-0.2, 0) is 6.54 Å². The molecular formula is C21H23N5O2. The van der Waals surface area contributed by atoms with Gasteiger partial charge in [-0.15, -0.1) is 0 Å². The number of hydrogen-bond acceptors (Lipinski definition) is 5. The molecule has 0 fully saturated rings. The molecule has 7 heteroatoms. The average molecular weight is 377 g/mol. The Kier molecular flexibility index (Phi) is 4.81. The van der Waals surface area contributed by atoms with E-state index in [-0.39, 0.29) is 17.9 Å². The molecule has 0 N–H and O–H groups in total. The second-order valence-corrected chi connectivity index (χ2v) is 7.16. The summed E-state index contributed by atoms with van der Waals surface area (Å²) in [6.07, 6.45) is 1.56. The van der Waals surface area contributed by atoms with Gasteiger partial charge in [-0.2, -0.15) is 5.10 Å². The molecule has 1 amide bonds. The molecular weight excluding hydrogens is 354 g/mol. The predicted molar refractivity (Wildman–Crippen MR) is 105 cm³/mol. The van der Waals surface area contributed by atoms with Crippen molar-refractivity contribution in [1.29, 1.82) is 0 Å². The molecule has 144 valence electrons. The number of ether oxygens (including phenoxy) is 1. The molecule has 7 nitrogen and oxygen atoms in total. The lowest BCUT2D eigenvalue weighted by atomic mass is 9.99. The molecule has 0 radical (unpaired) electrons. The third-order valence-electron chi connectivity index (χ3n) is 4.97. The van der Waals surface area contributed by atoms with E-state index in [0.717, 1.165) is 11.4 Å². The van der Waals surface area contributed by atoms with E-state index in [1.807, 2.05) is 39.9 Å². The molecule has 1 aliphatic rings. The molecule has 4 rings (SSSR count). The first-order chi connectivity index (χ1) is 13.6. The van der Waals surface area contributed by atoms with Crippen LogP contribution in [0.4, 0.5) is 0 Å². The van der Waals surface area contributed by atoms with Gasteiger partial charge in [0.1, 0.15) is 0 Å². The number of rotatable bonds is 4. The fraction of sp³-hybridized carbons (Fsp3) is 0.333. The van der Waals surface area contributed by atoms with E-state index in [2.05, 4.69) is 23.9 Å². The van der Waals surface area contributed by atoms with Gasteiger partial charge in [-0.1, -0.05) is 44.2 Å². The van der Waals surface area contributed by atoms with Gasteiger partial charge in [0.25, 0.3) is 5.91 Å². The topological polar surface area (TPSA) is 73.1 Å². The minimum Gasteiger partial charge on any atom is -0.481 e. The molecule has 2 aromatic heterocycles. The number of carbonyl (C=O) groups is 1. The number of fused-ring (bicyclic) bond motifs is 1. The Labute approximate surface area is 164 Å². The van der Waals surface area contributed by atoms with Gasteiger partial charge in [-0.3, -0.25) is 4.79 Å². The predicted octanol–water partition coefficient (Wildman–Crippen LogP) is 3.20. The van der Waals surface area contributed by atoms with Crippen LogP contribution in [0.5, 0.6) is 5.88 Å². The van der Waals surface area contributed by atoms with E-state index >= 15 is 0 Å². The van der Waals surface area contributed by atoms with Crippen LogP contribution in [0.1, 0.15) is 36.1 Å². The average Bonchev–Trinajstić information content (AvgIpc) is 3.17. The molecule has 1 aromatic carbocycles. The lowest BCUT2D eigenvalue weighted by molar-refractivity contribution is 0.0536. The molecule has 0 saturated carbocycles. The maximum atomic E-state index is 13.2. The Hall–Kier alpha value is -3.22. The van der Waals surface area contributed by atoms with Crippen molar-refractivity contribution in [2.24, 2.45) is 5.92 Å². The lowest BCUT2D eigenvalue weighted by Crippen LogP contribution is -2.44. The first kappa shape index (κ1) is 18.2. The SMILES string of the molecule is COc1ccc(C(=O)N2CCn3nc(-c4ccccc4)nc3[C@@H]2C(C)C)cn1. The second-order valence-electron chi connectivity index (χ2n) is 7.16. The number of aromatic nitrogens is 4. The summed E-state index contributed by atoms with van der Waals surface area (Å²) in [6, 6.07) is 13.2. The quantitative estimate of drug-likeness (QED) is 0.698. The Morgan fingerprint density at radius 3 is 2.57 bits per heavy atom. The number of amides is 1. The van der Waals surface area contributed by atoms with Crippen LogP contribution in [0, 0.1) is 5.92 Å². The smallest absolute Gasteiger partial charge is 0.256 e. The zero-order valence-electron chi connectivity index (χ0n) is 16.2. The van der Waals surface area contributed by atoms with Crippen LogP contribution in [0.3, 0.4) is 0 Å². The van der Waals surface area contributed by atoms with Crippen LogP contribution in [0.25, 0.3) is 11.4 Å². The maximum absolute atomic E-state index is 13.2. The van der Waals surface area contributed by atoms with Crippen molar-refractivity contribution in [2.45, 2.75) is 26.4 Å². The molecule has 0 spiro atoms. The summed E-state index contributed by atoms with van der Waals surface area (Å²) in [5.41, 5.74) is 1.52. The molecule has 0 aliphatic carbocycles. The van der Waals surface area contributed by atoms with Gasteiger partial charge in [0, 0.05) is 24.4 Å². The van der Waals surface area contributed by atoms with E-state index in [4.69, 9.17) is 9.72 Å². The van der Waals surface area contributed by atoms with E-state index in [0.29, 0.717) is 30.4 Å². The molecule has 1 aliphatic heterocycles. The van der Waals surface area contributed by atoms with Crippen molar-refractivity contribution in [3.8, 4) is 17.3 Å². The van der Waals surface area contributed by atoms with Gasteiger partial charge in [-0.05, 0) is 12.0 Å². The van der Waals surface area contributed by atoms with Crippen molar-refractivity contribution in [3.63, 3.8) is 0 Å². The van der Waals surface area contributed by atoms with Crippen molar-refractivity contribution < 1.29 is 9.53 Å². The minimum atomic E-state index is -0.145. The largest absolute Gasteiger partial charge is 0.481 e. The van der Waals surface area contributed by atoms with Crippen LogP contribution < -0.4 is 4.74 Å². The van der Waals surface area contributed by atoms with Crippen LogP contribution >= 0.6 is 0 Å². The third-order valence-corrected chi connectivity index (χ3v) is 4.97. The summed E-state index contributed by atoms with van der Waals surface area (Å²) in [4.78, 5) is 24.0. The summed E-state index contributed by atoms with van der Waals surface area (Å²) in [7, 11) is 1.56. The van der Waals surface area contributed by atoms with E-state index < -0.39 is 0 Å². The van der Waals surface area contributed by atoms with Crippen molar-refractivity contribution in [2.75, 3.05) is 13.7 Å². The van der Waals surface area contributed by atoms with Crippen molar-refractivity contribution in [3.05, 3.63) is 60.0 Å². The number of carbonyl (C=O) groups excluding carboxylic acids is 1. The monoisotopic (exact) mass is 377 g/mol. The fourth-order valence-corrected chi connectivity index (χ4v) is 3.61. The number of benzene rings is 1. The molecule has 1 atom stereocenters. The van der Waals surface area contributed by atoms with E-state index in [1.165, 1.54) is 0 Å². The summed E-state index contributed by atoms with van der Waals surface area (Å²) in [6.45, 7) is 5.40. The normalized spacial score (nSPS) is 16.1. The van der Waals surface area contributed by atoms with Gasteiger partial charge < -0.3 is 9.64 Å². The van der Waals surface area contributed by atoms with Crippen LogP contribution in [0.15, 0.2) is 48.7 Å². The highest BCUT2D eigenvalue weighted by Gasteiger charge is 2.36. The first-order valence-corrected chi connectivity index (χ1v) is 9.39. The highest BCUT2D eigenvalue weighted by Crippen LogP contribution is 2.33. The Bertz CT molecular complexity index is 966. The zero-order valence-corrected chi connectivity index (χ0v) is 16.2. The first-order valence-electron chi connectivity index (χ1n) is 9.39. The van der Waals surface area contributed by atoms with Crippen LogP contribution in [-0.4, -0.2) is 44.2 Å². The summed E-state index contributed by atoms with van der Waals surface area (Å²) >= 11 is 0.